The normalized spacial score (nSPS) is 17.3. The van der Waals surface area contributed by atoms with Crippen LogP contribution < -0.4 is 5.32 Å². The van der Waals surface area contributed by atoms with Crippen LogP contribution in [0.1, 0.15) is 44.0 Å². The van der Waals surface area contributed by atoms with E-state index in [0.717, 1.165) is 32.1 Å². The van der Waals surface area contributed by atoms with Crippen LogP contribution in [0, 0.1) is 11.8 Å². The first-order chi connectivity index (χ1) is 8.77. The van der Waals surface area contributed by atoms with Crippen LogP contribution >= 0.6 is 11.3 Å². The zero-order chi connectivity index (χ0) is 12.8. The summed E-state index contributed by atoms with van der Waals surface area (Å²) in [5.74, 6) is 1.52. The molecule has 1 aliphatic rings. The maximum atomic E-state index is 5.65. The lowest BCUT2D eigenvalue weighted by atomic mass is 10.0. The molecule has 1 unspecified atom stereocenters. The summed E-state index contributed by atoms with van der Waals surface area (Å²) < 4.78 is 5.65. The predicted molar refractivity (Wildman–Crippen MR) is 78.1 cm³/mol. The molecule has 0 bridgehead atoms. The summed E-state index contributed by atoms with van der Waals surface area (Å²) in [6.07, 6.45) is 3.87. The van der Waals surface area contributed by atoms with Gasteiger partial charge in [-0.05, 0) is 49.1 Å². The van der Waals surface area contributed by atoms with Gasteiger partial charge in [0.05, 0.1) is 0 Å². The minimum absolute atomic E-state index is 0.494. The van der Waals surface area contributed by atoms with Gasteiger partial charge in [0.1, 0.15) is 0 Å². The van der Waals surface area contributed by atoms with E-state index in [0.29, 0.717) is 12.0 Å². The summed E-state index contributed by atoms with van der Waals surface area (Å²) in [7, 11) is 0. The third kappa shape index (κ3) is 4.71. The Kier molecular flexibility index (Phi) is 5.67. The number of nitrogens with one attached hydrogen (secondary N) is 1. The molecular weight excluding hydrogens is 242 g/mol. The minimum atomic E-state index is 0.494. The van der Waals surface area contributed by atoms with E-state index in [1.807, 2.05) is 11.3 Å². The lowest BCUT2D eigenvalue weighted by Gasteiger charge is -2.21. The molecule has 2 nitrogen and oxygen atoms in total. The fraction of sp³-hybridized carbons (Fsp3) is 0.733. The third-order valence-electron chi connectivity index (χ3n) is 3.40. The molecule has 18 heavy (non-hydrogen) atoms. The molecule has 1 atom stereocenters. The van der Waals surface area contributed by atoms with E-state index in [9.17, 15) is 0 Å². The van der Waals surface area contributed by atoms with Crippen molar-refractivity contribution in [3.63, 3.8) is 0 Å². The molecule has 0 amide bonds. The van der Waals surface area contributed by atoms with Crippen molar-refractivity contribution in [1.82, 2.24) is 5.32 Å². The highest BCUT2D eigenvalue weighted by Crippen LogP contribution is 2.28. The van der Waals surface area contributed by atoms with Crippen molar-refractivity contribution in [2.75, 3.05) is 19.8 Å². The first kappa shape index (κ1) is 14.0. The van der Waals surface area contributed by atoms with Crippen molar-refractivity contribution in [3.8, 4) is 0 Å². The van der Waals surface area contributed by atoms with Crippen LogP contribution in [0.3, 0.4) is 0 Å². The largest absolute Gasteiger partial charge is 0.381 e. The van der Waals surface area contributed by atoms with E-state index in [1.54, 1.807) is 0 Å². The molecule has 0 spiro atoms. The maximum Gasteiger partial charge on any atom is 0.0494 e. The number of rotatable bonds is 9. The van der Waals surface area contributed by atoms with Gasteiger partial charge in [0, 0.05) is 24.1 Å². The average molecular weight is 267 g/mol. The van der Waals surface area contributed by atoms with Gasteiger partial charge in [-0.25, -0.2) is 0 Å². The Labute approximate surface area is 115 Å². The molecule has 1 aromatic heterocycles. The van der Waals surface area contributed by atoms with Gasteiger partial charge in [0.25, 0.3) is 0 Å². The molecular formula is C15H25NOS. The molecule has 1 saturated carbocycles. The summed E-state index contributed by atoms with van der Waals surface area (Å²) in [6.45, 7) is 7.49. The molecule has 1 heterocycles. The van der Waals surface area contributed by atoms with Crippen LogP contribution in [0.25, 0.3) is 0 Å². The van der Waals surface area contributed by atoms with Crippen LogP contribution in [0.5, 0.6) is 0 Å². The second-order valence-corrected chi connectivity index (χ2v) is 6.54. The van der Waals surface area contributed by atoms with Crippen molar-refractivity contribution in [1.29, 1.82) is 0 Å². The second kappa shape index (κ2) is 7.27. The Morgan fingerprint density at radius 1 is 1.44 bits per heavy atom. The number of ether oxygens (including phenoxy) is 1. The molecule has 1 aromatic rings. The van der Waals surface area contributed by atoms with Gasteiger partial charge in [-0.3, -0.25) is 0 Å². The van der Waals surface area contributed by atoms with E-state index in [-0.39, 0.29) is 0 Å². The van der Waals surface area contributed by atoms with Crippen LogP contribution in [0.15, 0.2) is 17.5 Å². The standard InChI is InChI=1S/C15H25NOS/c1-12(2)15(14-5-3-10-18-14)16-8-4-9-17-11-13-6-7-13/h3,5,10,12-13,15-16H,4,6-9,11H2,1-2H3. The maximum absolute atomic E-state index is 5.65. The lowest BCUT2D eigenvalue weighted by Crippen LogP contribution is -2.26. The van der Waals surface area contributed by atoms with Crippen LogP contribution in [-0.4, -0.2) is 19.8 Å². The Hall–Kier alpha value is -0.380. The molecule has 102 valence electrons. The number of thiophene rings is 1. The highest BCUT2D eigenvalue weighted by atomic mass is 32.1. The molecule has 0 saturated heterocycles. The molecule has 0 radical (unpaired) electrons. The zero-order valence-corrected chi connectivity index (χ0v) is 12.3. The van der Waals surface area contributed by atoms with Crippen LogP contribution in [-0.2, 0) is 4.74 Å². The van der Waals surface area contributed by atoms with Crippen molar-refractivity contribution >= 4 is 11.3 Å². The van der Waals surface area contributed by atoms with Crippen LogP contribution in [0.4, 0.5) is 0 Å². The first-order valence-corrected chi connectivity index (χ1v) is 8.00. The van der Waals surface area contributed by atoms with Crippen molar-refractivity contribution in [2.45, 2.75) is 39.2 Å². The number of hydrogen-bond acceptors (Lipinski definition) is 3. The monoisotopic (exact) mass is 267 g/mol. The van der Waals surface area contributed by atoms with Crippen LogP contribution in [0.2, 0.25) is 0 Å². The van der Waals surface area contributed by atoms with Gasteiger partial charge >= 0.3 is 0 Å². The molecule has 1 aliphatic carbocycles. The summed E-state index contributed by atoms with van der Waals surface area (Å²) in [5, 5.41) is 5.81. The molecule has 2 rings (SSSR count). The fourth-order valence-corrected chi connectivity index (χ4v) is 3.07. The average Bonchev–Trinajstić information content (AvgIpc) is 3.01. The fourth-order valence-electron chi connectivity index (χ4n) is 2.10. The quantitative estimate of drug-likeness (QED) is 0.686. The first-order valence-electron chi connectivity index (χ1n) is 7.12. The summed E-state index contributed by atoms with van der Waals surface area (Å²) in [6, 6.07) is 4.86. The van der Waals surface area contributed by atoms with Gasteiger partial charge in [-0.15, -0.1) is 11.3 Å². The van der Waals surface area contributed by atoms with E-state index in [1.165, 1.54) is 17.7 Å². The number of hydrogen-bond donors (Lipinski definition) is 1. The van der Waals surface area contributed by atoms with Gasteiger partial charge in [-0.2, -0.15) is 0 Å². The Balaban J connectivity index is 1.60. The van der Waals surface area contributed by atoms with E-state index < -0.39 is 0 Å². The topological polar surface area (TPSA) is 21.3 Å². The lowest BCUT2D eigenvalue weighted by molar-refractivity contribution is 0.121. The highest BCUT2D eigenvalue weighted by molar-refractivity contribution is 7.10. The summed E-state index contributed by atoms with van der Waals surface area (Å²) >= 11 is 1.85. The Morgan fingerprint density at radius 2 is 2.28 bits per heavy atom. The van der Waals surface area contributed by atoms with Crippen molar-refractivity contribution in [3.05, 3.63) is 22.4 Å². The minimum Gasteiger partial charge on any atom is -0.381 e. The summed E-state index contributed by atoms with van der Waals surface area (Å²) in [4.78, 5) is 1.45. The van der Waals surface area contributed by atoms with Gasteiger partial charge in [-0.1, -0.05) is 19.9 Å². The predicted octanol–water partition coefficient (Wildman–Crippen LogP) is 3.85. The molecule has 0 aromatic carbocycles. The Bertz CT molecular complexity index is 319. The second-order valence-electron chi connectivity index (χ2n) is 5.56. The summed E-state index contributed by atoms with van der Waals surface area (Å²) in [5.41, 5.74) is 0. The highest BCUT2D eigenvalue weighted by Gasteiger charge is 2.21. The molecule has 3 heteroatoms. The van der Waals surface area contributed by atoms with Crippen molar-refractivity contribution < 1.29 is 4.74 Å². The van der Waals surface area contributed by atoms with E-state index >= 15 is 0 Å². The van der Waals surface area contributed by atoms with Gasteiger partial charge in [0.2, 0.25) is 0 Å². The molecule has 0 aliphatic heterocycles. The zero-order valence-electron chi connectivity index (χ0n) is 11.5. The molecule has 1 N–H and O–H groups in total. The van der Waals surface area contributed by atoms with E-state index in [4.69, 9.17) is 4.74 Å². The van der Waals surface area contributed by atoms with Crippen molar-refractivity contribution in [2.24, 2.45) is 11.8 Å². The Morgan fingerprint density at radius 3 is 2.89 bits per heavy atom. The van der Waals surface area contributed by atoms with Gasteiger partial charge < -0.3 is 10.1 Å². The van der Waals surface area contributed by atoms with Gasteiger partial charge in [0.15, 0.2) is 0 Å². The third-order valence-corrected chi connectivity index (χ3v) is 4.35. The molecule has 1 fully saturated rings. The smallest absolute Gasteiger partial charge is 0.0494 e. The SMILES string of the molecule is CC(C)C(NCCCOCC1CC1)c1cccs1. The van der Waals surface area contributed by atoms with E-state index in [2.05, 4.69) is 36.7 Å².